The van der Waals surface area contributed by atoms with Crippen LogP contribution in [0.1, 0.15) is 36.0 Å². The topological polar surface area (TPSA) is 116 Å². The highest BCUT2D eigenvalue weighted by molar-refractivity contribution is 7.20. The molecular weight excluding hydrogens is 446 g/mol. The maximum Gasteiger partial charge on any atom is 0.410 e. The van der Waals surface area contributed by atoms with Crippen molar-refractivity contribution < 1.29 is 23.8 Å². The first kappa shape index (κ1) is 22.7. The van der Waals surface area contributed by atoms with Crippen molar-refractivity contribution in [1.29, 1.82) is 0 Å². The molecule has 10 nitrogen and oxygen atoms in total. The molecule has 33 heavy (non-hydrogen) atoms. The van der Waals surface area contributed by atoms with Gasteiger partial charge in [-0.15, -0.1) is 11.3 Å². The molecule has 1 aliphatic rings. The summed E-state index contributed by atoms with van der Waals surface area (Å²) in [6.45, 7) is 8.15. The number of fused-ring (bicyclic) bond motifs is 1. The van der Waals surface area contributed by atoms with E-state index in [1.807, 2.05) is 33.8 Å². The summed E-state index contributed by atoms with van der Waals surface area (Å²) in [4.78, 5) is 40.0. The zero-order valence-electron chi connectivity index (χ0n) is 19.0. The van der Waals surface area contributed by atoms with Gasteiger partial charge in [-0.05, 0) is 45.4 Å². The van der Waals surface area contributed by atoms with Gasteiger partial charge in [0.1, 0.15) is 39.2 Å². The zero-order chi connectivity index (χ0) is 23.8. The van der Waals surface area contributed by atoms with Gasteiger partial charge in [0.05, 0.1) is 25.6 Å². The molecular formula is C22H25N5O5S. The summed E-state index contributed by atoms with van der Waals surface area (Å²) in [6.07, 6.45) is 2.50. The Morgan fingerprint density at radius 2 is 1.97 bits per heavy atom. The number of aryl methyl sites for hydroxylation is 1. The minimum absolute atomic E-state index is 0.202. The molecule has 0 bridgehead atoms. The van der Waals surface area contributed by atoms with Crippen molar-refractivity contribution in [1.82, 2.24) is 19.9 Å². The maximum atomic E-state index is 12.1. The number of hydrogen-bond acceptors (Lipinski definition) is 10. The van der Waals surface area contributed by atoms with Gasteiger partial charge in [0.15, 0.2) is 0 Å². The molecule has 1 N–H and O–H groups in total. The lowest BCUT2D eigenvalue weighted by atomic mass is 10.1. The van der Waals surface area contributed by atoms with Gasteiger partial charge < -0.3 is 24.4 Å². The Labute approximate surface area is 194 Å². The van der Waals surface area contributed by atoms with Crippen molar-refractivity contribution in [2.75, 3.05) is 25.5 Å². The lowest BCUT2D eigenvalue weighted by Gasteiger charge is -2.39. The minimum atomic E-state index is -0.544. The molecule has 4 rings (SSSR count). The molecule has 174 valence electrons. The van der Waals surface area contributed by atoms with Crippen LogP contribution in [0.25, 0.3) is 10.2 Å². The van der Waals surface area contributed by atoms with Gasteiger partial charge in [0, 0.05) is 6.20 Å². The van der Waals surface area contributed by atoms with Gasteiger partial charge in [-0.25, -0.2) is 24.5 Å². The Morgan fingerprint density at radius 1 is 1.21 bits per heavy atom. The van der Waals surface area contributed by atoms with Crippen molar-refractivity contribution in [3.8, 4) is 5.88 Å². The van der Waals surface area contributed by atoms with E-state index in [0.717, 1.165) is 10.9 Å². The summed E-state index contributed by atoms with van der Waals surface area (Å²) in [5.74, 6) is 0.510. The van der Waals surface area contributed by atoms with Crippen molar-refractivity contribution in [2.45, 2.75) is 39.4 Å². The largest absolute Gasteiger partial charge is 0.469 e. The fraction of sp³-hybridized carbons (Fsp3) is 0.409. The number of thiophene rings is 1. The second-order valence-electron chi connectivity index (χ2n) is 8.56. The number of amides is 1. The number of likely N-dealkylation sites (tertiary alicyclic amines) is 1. The monoisotopic (exact) mass is 471 g/mol. The average molecular weight is 472 g/mol. The number of anilines is 2. The van der Waals surface area contributed by atoms with Gasteiger partial charge in [0.2, 0.25) is 5.88 Å². The van der Waals surface area contributed by atoms with E-state index in [2.05, 4.69) is 20.3 Å². The van der Waals surface area contributed by atoms with Crippen LogP contribution in [0.4, 0.5) is 16.3 Å². The molecule has 0 aliphatic carbocycles. The third-order valence-electron chi connectivity index (χ3n) is 4.90. The first-order chi connectivity index (χ1) is 15.7. The van der Waals surface area contributed by atoms with Crippen LogP contribution >= 0.6 is 11.3 Å². The molecule has 0 spiro atoms. The standard InChI is InChI=1S/C22H25N5O5S/c1-12-15-17(24-11-25-19(15)33-16(12)20(28)30-5)26-14-7-6-8-23-18(14)31-13-9-27(10-13)21(29)32-22(2,3)4/h6-8,11,13H,9-10H2,1-5H3,(H,24,25,26). The van der Waals surface area contributed by atoms with Gasteiger partial charge in [-0.2, -0.15) is 0 Å². The number of rotatable bonds is 5. The Kier molecular flexibility index (Phi) is 6.07. The number of nitrogens with one attached hydrogen (secondary N) is 1. The van der Waals surface area contributed by atoms with E-state index in [9.17, 15) is 9.59 Å². The Bertz CT molecular complexity index is 1200. The number of hydrogen-bond donors (Lipinski definition) is 1. The number of methoxy groups -OCH3 is 1. The number of carbonyl (C=O) groups excluding carboxylic acids is 2. The molecule has 1 amide bonds. The Hall–Kier alpha value is -3.47. The molecule has 1 saturated heterocycles. The highest BCUT2D eigenvalue weighted by Crippen LogP contribution is 2.36. The van der Waals surface area contributed by atoms with Crippen LogP contribution in [-0.4, -0.2) is 63.8 Å². The highest BCUT2D eigenvalue weighted by Gasteiger charge is 2.35. The van der Waals surface area contributed by atoms with Gasteiger partial charge >= 0.3 is 12.1 Å². The molecule has 1 aliphatic heterocycles. The molecule has 0 unspecified atom stereocenters. The predicted molar refractivity (Wildman–Crippen MR) is 123 cm³/mol. The first-order valence-electron chi connectivity index (χ1n) is 10.4. The van der Waals surface area contributed by atoms with Crippen molar-refractivity contribution in [3.63, 3.8) is 0 Å². The second kappa shape index (κ2) is 8.81. The van der Waals surface area contributed by atoms with E-state index in [1.165, 1.54) is 24.8 Å². The number of nitrogens with zero attached hydrogens (tertiary/aromatic N) is 4. The summed E-state index contributed by atoms with van der Waals surface area (Å²) in [6, 6.07) is 3.60. The molecule has 3 aromatic heterocycles. The SMILES string of the molecule is COC(=O)c1sc2ncnc(Nc3cccnc3OC3CN(C(=O)OC(C)(C)C)C3)c2c1C. The van der Waals surface area contributed by atoms with Crippen LogP contribution in [0.3, 0.4) is 0 Å². The molecule has 4 heterocycles. The van der Waals surface area contributed by atoms with Gasteiger partial charge in [0.25, 0.3) is 0 Å². The van der Waals surface area contributed by atoms with Gasteiger partial charge in [-0.3, -0.25) is 0 Å². The Morgan fingerprint density at radius 3 is 2.67 bits per heavy atom. The fourth-order valence-corrected chi connectivity index (χ4v) is 4.37. The molecule has 0 saturated carbocycles. The van der Waals surface area contributed by atoms with E-state index < -0.39 is 11.6 Å². The van der Waals surface area contributed by atoms with Crippen LogP contribution in [0, 0.1) is 6.92 Å². The predicted octanol–water partition coefficient (Wildman–Crippen LogP) is 3.92. The zero-order valence-corrected chi connectivity index (χ0v) is 19.9. The van der Waals surface area contributed by atoms with Gasteiger partial charge in [-0.1, -0.05) is 0 Å². The summed E-state index contributed by atoms with van der Waals surface area (Å²) >= 11 is 1.25. The Balaban J connectivity index is 1.51. The summed E-state index contributed by atoms with van der Waals surface area (Å²) in [5.41, 5.74) is 0.805. The average Bonchev–Trinajstić information content (AvgIpc) is 3.07. The molecule has 0 atom stereocenters. The van der Waals surface area contributed by atoms with E-state index in [4.69, 9.17) is 14.2 Å². The molecule has 0 aromatic carbocycles. The number of carbonyl (C=O) groups is 2. The van der Waals surface area contributed by atoms with Crippen LogP contribution in [0.5, 0.6) is 5.88 Å². The van der Waals surface area contributed by atoms with Crippen molar-refractivity contribution in [2.24, 2.45) is 0 Å². The highest BCUT2D eigenvalue weighted by atomic mass is 32.1. The molecule has 0 radical (unpaired) electrons. The lowest BCUT2D eigenvalue weighted by Crippen LogP contribution is -2.57. The lowest BCUT2D eigenvalue weighted by molar-refractivity contribution is -0.0230. The van der Waals surface area contributed by atoms with Crippen molar-refractivity contribution >= 4 is 45.1 Å². The van der Waals surface area contributed by atoms with Crippen LogP contribution in [-0.2, 0) is 9.47 Å². The number of esters is 1. The van der Waals surface area contributed by atoms with E-state index in [-0.39, 0.29) is 12.2 Å². The molecule has 3 aromatic rings. The summed E-state index contributed by atoms with van der Waals surface area (Å²) < 4.78 is 16.3. The summed E-state index contributed by atoms with van der Waals surface area (Å²) in [5, 5.41) is 3.99. The smallest absolute Gasteiger partial charge is 0.410 e. The minimum Gasteiger partial charge on any atom is -0.469 e. The van der Waals surface area contributed by atoms with E-state index in [1.54, 1.807) is 17.2 Å². The normalized spacial score (nSPS) is 14.0. The number of pyridine rings is 1. The quantitative estimate of drug-likeness (QED) is 0.553. The summed E-state index contributed by atoms with van der Waals surface area (Å²) in [7, 11) is 1.35. The molecule has 1 fully saturated rings. The van der Waals surface area contributed by atoms with Crippen LogP contribution < -0.4 is 10.1 Å². The number of aromatic nitrogens is 3. The second-order valence-corrected chi connectivity index (χ2v) is 9.56. The van der Waals surface area contributed by atoms with E-state index in [0.29, 0.717) is 40.2 Å². The maximum absolute atomic E-state index is 12.1. The first-order valence-corrected chi connectivity index (χ1v) is 11.2. The van der Waals surface area contributed by atoms with Crippen molar-refractivity contribution in [3.05, 3.63) is 35.1 Å². The van der Waals surface area contributed by atoms with Crippen LogP contribution in [0.2, 0.25) is 0 Å². The van der Waals surface area contributed by atoms with Crippen LogP contribution in [0.15, 0.2) is 24.7 Å². The third-order valence-corrected chi connectivity index (χ3v) is 6.08. The molecule has 11 heteroatoms. The third kappa shape index (κ3) is 4.82. The fourth-order valence-electron chi connectivity index (χ4n) is 3.31. The van der Waals surface area contributed by atoms with E-state index >= 15 is 0 Å². The number of ether oxygens (including phenoxy) is 3.